The van der Waals surface area contributed by atoms with Crippen molar-refractivity contribution in [3.05, 3.63) is 27.9 Å². The Morgan fingerprint density at radius 1 is 1.46 bits per heavy atom. The smallest absolute Gasteiger partial charge is 0.356 e. The van der Waals surface area contributed by atoms with Gasteiger partial charge in [-0.15, -0.1) is 0 Å². The average Bonchev–Trinajstić information content (AvgIpc) is 2.60. The average molecular weight is 180 g/mol. The lowest BCUT2D eigenvalue weighted by Crippen LogP contribution is -1.95. The molecule has 0 saturated heterocycles. The van der Waals surface area contributed by atoms with Crippen LogP contribution < -0.4 is 5.63 Å². The largest absolute Gasteiger partial charge is 0.368 e. The summed E-state index contributed by atoms with van der Waals surface area (Å²) in [6, 6.07) is 1.69. The molecule has 0 aromatic carbocycles. The molecule has 0 fully saturated rings. The third kappa shape index (κ3) is 1.18. The molecule has 0 amide bonds. The fourth-order valence-electron chi connectivity index (χ4n) is 1.14. The van der Waals surface area contributed by atoms with Gasteiger partial charge in [0.2, 0.25) is 0 Å². The van der Waals surface area contributed by atoms with E-state index in [2.05, 4.69) is 14.8 Å². The highest BCUT2D eigenvalue weighted by molar-refractivity contribution is 5.57. The van der Waals surface area contributed by atoms with Gasteiger partial charge in [0.05, 0.1) is 11.4 Å². The second kappa shape index (κ2) is 2.62. The van der Waals surface area contributed by atoms with Crippen molar-refractivity contribution < 1.29 is 9.05 Å². The topological polar surface area (TPSA) is 72.0 Å². The lowest BCUT2D eigenvalue weighted by molar-refractivity contribution is 0.386. The predicted molar refractivity (Wildman–Crippen MR) is 44.3 cm³/mol. The summed E-state index contributed by atoms with van der Waals surface area (Å²) in [6.45, 7) is 3.52. The van der Waals surface area contributed by atoms with Gasteiger partial charge >= 0.3 is 5.63 Å². The third-order valence-corrected chi connectivity index (χ3v) is 1.75. The lowest BCUT2D eigenvalue weighted by atomic mass is 10.2. The van der Waals surface area contributed by atoms with Crippen molar-refractivity contribution in [3.8, 4) is 11.3 Å². The van der Waals surface area contributed by atoms with Gasteiger partial charge in [0.1, 0.15) is 5.56 Å². The van der Waals surface area contributed by atoms with Crippen molar-refractivity contribution in [2.24, 2.45) is 0 Å². The normalized spacial score (nSPS) is 10.6. The molecule has 68 valence electrons. The van der Waals surface area contributed by atoms with E-state index in [4.69, 9.17) is 4.52 Å². The Balaban J connectivity index is 2.64. The fourth-order valence-corrected chi connectivity index (χ4v) is 1.14. The van der Waals surface area contributed by atoms with Gasteiger partial charge in [-0.25, -0.2) is 9.95 Å². The number of aromatic nitrogens is 2. The zero-order valence-electron chi connectivity index (χ0n) is 7.25. The molecule has 0 bridgehead atoms. The molecular formula is C8H8N2O3. The van der Waals surface area contributed by atoms with E-state index in [1.54, 1.807) is 19.9 Å². The van der Waals surface area contributed by atoms with Gasteiger partial charge in [-0.05, 0) is 13.8 Å². The Kier molecular flexibility index (Phi) is 1.58. The minimum absolute atomic E-state index is 0.403. The van der Waals surface area contributed by atoms with Gasteiger partial charge in [-0.2, -0.15) is 0 Å². The molecule has 0 radical (unpaired) electrons. The number of H-pyrrole nitrogens is 1. The van der Waals surface area contributed by atoms with Crippen LogP contribution in [0.3, 0.4) is 0 Å². The van der Waals surface area contributed by atoms with E-state index in [0.717, 1.165) is 5.69 Å². The maximum atomic E-state index is 11.2. The first-order valence-electron chi connectivity index (χ1n) is 3.80. The van der Waals surface area contributed by atoms with E-state index in [9.17, 15) is 4.79 Å². The molecule has 0 spiro atoms. The van der Waals surface area contributed by atoms with Crippen LogP contribution in [0, 0.1) is 13.8 Å². The van der Waals surface area contributed by atoms with Crippen LogP contribution in [0.5, 0.6) is 0 Å². The molecule has 5 heteroatoms. The third-order valence-electron chi connectivity index (χ3n) is 1.75. The van der Waals surface area contributed by atoms with Crippen molar-refractivity contribution in [2.45, 2.75) is 13.8 Å². The summed E-state index contributed by atoms with van der Waals surface area (Å²) in [5.74, 6) is 0.435. The Hall–Kier alpha value is -1.78. The first-order valence-corrected chi connectivity index (χ1v) is 3.80. The van der Waals surface area contributed by atoms with Crippen molar-refractivity contribution in [2.75, 3.05) is 0 Å². The first-order chi connectivity index (χ1) is 6.18. The monoisotopic (exact) mass is 180 g/mol. The predicted octanol–water partition coefficient (Wildman–Crippen LogP) is 1.24. The maximum Gasteiger partial charge on any atom is 0.368 e. The molecule has 2 heterocycles. The second-order valence-corrected chi connectivity index (χ2v) is 2.82. The van der Waals surface area contributed by atoms with Crippen LogP contribution in [-0.4, -0.2) is 10.3 Å². The quantitative estimate of drug-likeness (QED) is 0.716. The molecule has 13 heavy (non-hydrogen) atoms. The molecule has 2 rings (SSSR count). The van der Waals surface area contributed by atoms with E-state index in [0.29, 0.717) is 17.0 Å². The minimum atomic E-state index is -0.436. The zero-order chi connectivity index (χ0) is 9.42. The van der Waals surface area contributed by atoms with Crippen LogP contribution >= 0.6 is 0 Å². The van der Waals surface area contributed by atoms with Crippen LogP contribution in [0.15, 0.2) is 19.9 Å². The summed E-state index contributed by atoms with van der Waals surface area (Å²) in [6.07, 6.45) is 0. The molecule has 2 aromatic rings. The van der Waals surface area contributed by atoms with Gasteiger partial charge in [0, 0.05) is 6.07 Å². The summed E-state index contributed by atoms with van der Waals surface area (Å²) in [4.78, 5) is 11.2. The van der Waals surface area contributed by atoms with Gasteiger partial charge in [0.15, 0.2) is 5.76 Å². The number of nitrogens with one attached hydrogen (secondary N) is 1. The van der Waals surface area contributed by atoms with Gasteiger partial charge < -0.3 is 9.05 Å². The summed E-state index contributed by atoms with van der Waals surface area (Å²) >= 11 is 0. The molecular weight excluding hydrogens is 172 g/mol. The highest BCUT2D eigenvalue weighted by Gasteiger charge is 2.14. The van der Waals surface area contributed by atoms with E-state index in [1.807, 2.05) is 0 Å². The van der Waals surface area contributed by atoms with Crippen molar-refractivity contribution in [1.29, 1.82) is 0 Å². The Labute approximate surface area is 73.3 Å². The van der Waals surface area contributed by atoms with E-state index in [-0.39, 0.29) is 0 Å². The highest BCUT2D eigenvalue weighted by Crippen LogP contribution is 2.18. The molecule has 0 saturated carbocycles. The molecule has 0 aliphatic heterocycles. The number of hydrogen-bond donors (Lipinski definition) is 1. The van der Waals surface area contributed by atoms with Gasteiger partial charge in [-0.1, -0.05) is 5.16 Å². The van der Waals surface area contributed by atoms with Crippen molar-refractivity contribution in [1.82, 2.24) is 10.3 Å². The minimum Gasteiger partial charge on any atom is -0.356 e. The van der Waals surface area contributed by atoms with Crippen LogP contribution in [0.1, 0.15) is 11.4 Å². The Morgan fingerprint density at radius 3 is 2.69 bits per heavy atom. The summed E-state index contributed by atoms with van der Waals surface area (Å²) in [5, 5.41) is 6.15. The molecule has 0 unspecified atom stereocenters. The number of hydrogen-bond acceptors (Lipinski definition) is 4. The van der Waals surface area contributed by atoms with E-state index < -0.39 is 5.63 Å². The Morgan fingerprint density at radius 2 is 2.23 bits per heavy atom. The van der Waals surface area contributed by atoms with Crippen LogP contribution in [0.2, 0.25) is 0 Å². The second-order valence-electron chi connectivity index (χ2n) is 2.82. The van der Waals surface area contributed by atoms with Crippen molar-refractivity contribution >= 4 is 0 Å². The van der Waals surface area contributed by atoms with Crippen LogP contribution in [-0.2, 0) is 0 Å². The number of aryl methyl sites for hydroxylation is 2. The number of aromatic amines is 1. The van der Waals surface area contributed by atoms with Gasteiger partial charge in [-0.3, -0.25) is 0 Å². The fraction of sp³-hybridized carbons (Fsp3) is 0.250. The molecule has 2 aromatic heterocycles. The highest BCUT2D eigenvalue weighted by atomic mass is 16.5. The molecule has 0 atom stereocenters. The van der Waals surface area contributed by atoms with E-state index in [1.165, 1.54) is 0 Å². The number of rotatable bonds is 1. The zero-order valence-corrected chi connectivity index (χ0v) is 7.25. The van der Waals surface area contributed by atoms with Crippen molar-refractivity contribution in [3.63, 3.8) is 0 Å². The first kappa shape index (κ1) is 7.85. The SMILES string of the molecule is Cc1cc(-c2c(C)[nH]oc2=O)on1. The van der Waals surface area contributed by atoms with Crippen LogP contribution in [0.4, 0.5) is 0 Å². The van der Waals surface area contributed by atoms with Gasteiger partial charge in [0.25, 0.3) is 0 Å². The molecule has 5 nitrogen and oxygen atoms in total. The Bertz CT molecular complexity index is 478. The maximum absolute atomic E-state index is 11.2. The summed E-state index contributed by atoms with van der Waals surface area (Å²) in [7, 11) is 0. The molecule has 0 aliphatic carbocycles. The summed E-state index contributed by atoms with van der Waals surface area (Å²) in [5.41, 5.74) is 1.34. The molecule has 1 N–H and O–H groups in total. The van der Waals surface area contributed by atoms with E-state index >= 15 is 0 Å². The summed E-state index contributed by atoms with van der Waals surface area (Å²) < 4.78 is 9.53. The van der Waals surface area contributed by atoms with Crippen LogP contribution in [0.25, 0.3) is 11.3 Å². The number of nitrogens with zero attached hydrogens (tertiary/aromatic N) is 1. The lowest BCUT2D eigenvalue weighted by Gasteiger charge is -1.85. The molecule has 0 aliphatic rings. The standard InChI is InChI=1S/C8H8N2O3/c1-4-3-6(12-9-4)7-5(2)10-13-8(7)11/h3,10H,1-2H3.